The average molecular weight is 288 g/mol. The third-order valence-electron chi connectivity index (χ3n) is 3.21. The number of nitrogens with one attached hydrogen (secondary N) is 2. The van der Waals surface area contributed by atoms with Crippen LogP contribution in [0.2, 0.25) is 0 Å². The zero-order valence-corrected chi connectivity index (χ0v) is 12.0. The van der Waals surface area contributed by atoms with Crippen LogP contribution in [0.1, 0.15) is 11.7 Å². The topological polar surface area (TPSA) is 70.6 Å². The first kappa shape index (κ1) is 15.3. The summed E-state index contributed by atoms with van der Waals surface area (Å²) < 4.78 is 4.84. The number of fused-ring (bicyclic) bond motifs is 1. The lowest BCUT2D eigenvalue weighted by Crippen LogP contribution is -2.39. The second-order valence-corrected chi connectivity index (χ2v) is 4.75. The number of carbonyl (C=O) groups excluding carboxylic acids is 1. The molecule has 0 fully saturated rings. The molecule has 0 spiro atoms. The Morgan fingerprint density at radius 3 is 2.71 bits per heavy atom. The summed E-state index contributed by atoms with van der Waals surface area (Å²) in [6, 6.07) is 13.4. The Kier molecular flexibility index (Phi) is 5.54. The summed E-state index contributed by atoms with van der Waals surface area (Å²) in [5.74, 6) is 0. The molecule has 0 aliphatic carbocycles. The lowest BCUT2D eigenvalue weighted by atomic mass is 10.0. The third kappa shape index (κ3) is 4.44. The summed E-state index contributed by atoms with van der Waals surface area (Å²) in [7, 11) is 1.57. The largest absolute Gasteiger partial charge is 0.387 e. The maximum absolute atomic E-state index is 11.5. The number of hydrogen-bond acceptors (Lipinski definition) is 3. The van der Waals surface area contributed by atoms with Gasteiger partial charge in [0.05, 0.1) is 12.7 Å². The summed E-state index contributed by atoms with van der Waals surface area (Å²) in [4.78, 5) is 11.5. The normalized spacial score (nSPS) is 12.1. The Morgan fingerprint density at radius 1 is 1.19 bits per heavy atom. The predicted octanol–water partition coefficient (Wildman–Crippen LogP) is 1.82. The van der Waals surface area contributed by atoms with Crippen molar-refractivity contribution in [3.63, 3.8) is 0 Å². The smallest absolute Gasteiger partial charge is 0.314 e. The first-order valence-corrected chi connectivity index (χ1v) is 6.88. The highest BCUT2D eigenvalue weighted by Crippen LogP contribution is 2.19. The van der Waals surface area contributed by atoms with Crippen molar-refractivity contribution in [2.45, 2.75) is 6.10 Å². The van der Waals surface area contributed by atoms with E-state index in [0.29, 0.717) is 13.2 Å². The fraction of sp³-hybridized carbons (Fsp3) is 0.312. The molecule has 3 N–H and O–H groups in total. The number of aliphatic hydroxyl groups is 1. The van der Waals surface area contributed by atoms with E-state index in [9.17, 15) is 9.90 Å². The maximum atomic E-state index is 11.5. The van der Waals surface area contributed by atoms with Crippen molar-refractivity contribution in [1.29, 1.82) is 0 Å². The molecule has 0 aliphatic rings. The summed E-state index contributed by atoms with van der Waals surface area (Å²) >= 11 is 0. The van der Waals surface area contributed by atoms with Crippen molar-refractivity contribution in [3.05, 3.63) is 48.0 Å². The Bertz CT molecular complexity index is 601. The second kappa shape index (κ2) is 7.61. The molecule has 0 bridgehead atoms. The molecule has 2 rings (SSSR count). The van der Waals surface area contributed by atoms with Crippen LogP contribution in [0, 0.1) is 0 Å². The minimum absolute atomic E-state index is 0.164. The van der Waals surface area contributed by atoms with E-state index < -0.39 is 6.10 Å². The number of methoxy groups -OCH3 is 1. The van der Waals surface area contributed by atoms with Crippen LogP contribution in [-0.2, 0) is 4.74 Å². The van der Waals surface area contributed by atoms with Crippen molar-refractivity contribution in [1.82, 2.24) is 10.6 Å². The van der Waals surface area contributed by atoms with Gasteiger partial charge < -0.3 is 20.5 Å². The van der Waals surface area contributed by atoms with E-state index in [-0.39, 0.29) is 12.6 Å². The number of hydrogen-bond donors (Lipinski definition) is 3. The molecule has 1 atom stereocenters. The van der Waals surface area contributed by atoms with Crippen LogP contribution in [0.4, 0.5) is 4.79 Å². The van der Waals surface area contributed by atoms with Gasteiger partial charge >= 0.3 is 6.03 Å². The second-order valence-electron chi connectivity index (χ2n) is 4.75. The SMILES string of the molecule is COCCNC(=O)NCC(O)c1ccc2ccccc2c1. The Hall–Kier alpha value is -2.11. The van der Waals surface area contributed by atoms with Gasteiger partial charge in [-0.15, -0.1) is 0 Å². The highest BCUT2D eigenvalue weighted by atomic mass is 16.5. The van der Waals surface area contributed by atoms with Gasteiger partial charge in [-0.25, -0.2) is 4.79 Å². The zero-order chi connectivity index (χ0) is 15.1. The zero-order valence-electron chi connectivity index (χ0n) is 12.0. The number of benzene rings is 2. The molecular weight excluding hydrogens is 268 g/mol. The van der Waals surface area contributed by atoms with Crippen LogP contribution in [-0.4, -0.2) is 37.9 Å². The van der Waals surface area contributed by atoms with Crippen LogP contribution >= 0.6 is 0 Å². The van der Waals surface area contributed by atoms with Crippen LogP contribution in [0.25, 0.3) is 10.8 Å². The van der Waals surface area contributed by atoms with Crippen LogP contribution in [0.3, 0.4) is 0 Å². The number of urea groups is 1. The standard InChI is InChI=1S/C16H20N2O3/c1-21-9-8-17-16(20)18-11-15(19)14-7-6-12-4-2-3-5-13(12)10-14/h2-7,10,15,19H,8-9,11H2,1H3,(H2,17,18,20). The van der Waals surface area contributed by atoms with Crippen molar-refractivity contribution in [2.75, 3.05) is 26.8 Å². The van der Waals surface area contributed by atoms with Gasteiger partial charge in [-0.1, -0.05) is 36.4 Å². The molecule has 0 aromatic heterocycles. The molecule has 21 heavy (non-hydrogen) atoms. The lowest BCUT2D eigenvalue weighted by Gasteiger charge is -2.13. The molecule has 2 aromatic carbocycles. The Labute approximate surface area is 123 Å². The molecule has 2 amide bonds. The predicted molar refractivity (Wildman–Crippen MR) is 82.2 cm³/mol. The first-order valence-electron chi connectivity index (χ1n) is 6.88. The molecule has 0 aliphatic heterocycles. The lowest BCUT2D eigenvalue weighted by molar-refractivity contribution is 0.171. The first-order chi connectivity index (χ1) is 10.2. The van der Waals surface area contributed by atoms with Crippen LogP contribution < -0.4 is 10.6 Å². The minimum Gasteiger partial charge on any atom is -0.387 e. The number of aliphatic hydroxyl groups excluding tert-OH is 1. The van der Waals surface area contributed by atoms with E-state index in [0.717, 1.165) is 16.3 Å². The van der Waals surface area contributed by atoms with Crippen molar-refractivity contribution < 1.29 is 14.6 Å². The van der Waals surface area contributed by atoms with Gasteiger partial charge in [0.1, 0.15) is 0 Å². The molecule has 112 valence electrons. The fourth-order valence-corrected chi connectivity index (χ4v) is 2.05. The highest BCUT2D eigenvalue weighted by Gasteiger charge is 2.09. The molecule has 2 aromatic rings. The molecule has 0 saturated carbocycles. The van der Waals surface area contributed by atoms with Gasteiger partial charge in [-0.05, 0) is 22.4 Å². The Balaban J connectivity index is 1.89. The number of ether oxygens (including phenoxy) is 1. The molecule has 5 heteroatoms. The van der Waals surface area contributed by atoms with Crippen LogP contribution in [0.5, 0.6) is 0 Å². The van der Waals surface area contributed by atoms with Crippen molar-refractivity contribution in [2.24, 2.45) is 0 Å². The van der Waals surface area contributed by atoms with Crippen LogP contribution in [0.15, 0.2) is 42.5 Å². The summed E-state index contributed by atoms with van der Waals surface area (Å²) in [6.07, 6.45) is -0.734. The van der Waals surface area contributed by atoms with E-state index in [1.54, 1.807) is 7.11 Å². The quantitative estimate of drug-likeness (QED) is 0.710. The molecule has 5 nitrogen and oxygen atoms in total. The van der Waals surface area contributed by atoms with Crippen molar-refractivity contribution in [3.8, 4) is 0 Å². The monoisotopic (exact) mass is 288 g/mol. The minimum atomic E-state index is -0.734. The van der Waals surface area contributed by atoms with E-state index >= 15 is 0 Å². The molecule has 0 heterocycles. The van der Waals surface area contributed by atoms with Gasteiger partial charge in [0.2, 0.25) is 0 Å². The number of carbonyl (C=O) groups is 1. The number of amides is 2. The van der Waals surface area contributed by atoms with E-state index in [1.165, 1.54) is 0 Å². The summed E-state index contributed by atoms with van der Waals surface area (Å²) in [6.45, 7) is 1.06. The van der Waals surface area contributed by atoms with Gasteiger partial charge in [-0.3, -0.25) is 0 Å². The maximum Gasteiger partial charge on any atom is 0.314 e. The average Bonchev–Trinajstić information content (AvgIpc) is 2.52. The molecule has 1 unspecified atom stereocenters. The van der Waals surface area contributed by atoms with Gasteiger partial charge in [0.25, 0.3) is 0 Å². The fourth-order valence-electron chi connectivity index (χ4n) is 2.05. The van der Waals surface area contributed by atoms with Gasteiger partial charge in [0.15, 0.2) is 0 Å². The Morgan fingerprint density at radius 2 is 1.95 bits per heavy atom. The van der Waals surface area contributed by atoms with Gasteiger partial charge in [-0.2, -0.15) is 0 Å². The summed E-state index contributed by atoms with van der Waals surface area (Å²) in [5, 5.41) is 17.6. The molecule has 0 saturated heterocycles. The summed E-state index contributed by atoms with van der Waals surface area (Å²) in [5.41, 5.74) is 0.783. The van der Waals surface area contributed by atoms with E-state index in [2.05, 4.69) is 10.6 Å². The highest BCUT2D eigenvalue weighted by molar-refractivity contribution is 5.83. The molecular formula is C16H20N2O3. The van der Waals surface area contributed by atoms with E-state index in [1.807, 2.05) is 42.5 Å². The van der Waals surface area contributed by atoms with Crippen molar-refractivity contribution >= 4 is 16.8 Å². The number of rotatable bonds is 6. The molecule has 0 radical (unpaired) electrons. The third-order valence-corrected chi connectivity index (χ3v) is 3.21. The van der Waals surface area contributed by atoms with E-state index in [4.69, 9.17) is 4.74 Å². The van der Waals surface area contributed by atoms with Gasteiger partial charge in [0, 0.05) is 20.2 Å².